The number of amides is 1. The number of likely N-dealkylation sites (tertiary alicyclic amines) is 1. The first kappa shape index (κ1) is 19.7. The maximum absolute atomic E-state index is 12.6. The molecule has 0 radical (unpaired) electrons. The summed E-state index contributed by atoms with van der Waals surface area (Å²) >= 11 is 0. The Hall–Kier alpha value is -2.62. The zero-order valence-electron chi connectivity index (χ0n) is 15.6. The Morgan fingerprint density at radius 2 is 2.12 bits per heavy atom. The molecule has 140 valence electrons. The molecule has 2 heterocycles. The third-order valence-electron chi connectivity index (χ3n) is 4.90. The number of ether oxygens (including phenoxy) is 1. The summed E-state index contributed by atoms with van der Waals surface area (Å²) in [7, 11) is 0. The van der Waals surface area contributed by atoms with Crippen molar-refractivity contribution in [3.05, 3.63) is 32.7 Å². The van der Waals surface area contributed by atoms with Gasteiger partial charge in [0.15, 0.2) is 0 Å². The number of aryl methyl sites for hydroxylation is 1. The Labute approximate surface area is 153 Å². The van der Waals surface area contributed by atoms with Gasteiger partial charge in [0.1, 0.15) is 11.6 Å². The number of hydrogen-bond acceptors (Lipinski definition) is 5. The van der Waals surface area contributed by atoms with E-state index in [1.54, 1.807) is 25.7 Å². The van der Waals surface area contributed by atoms with Crippen LogP contribution in [0, 0.1) is 31.1 Å². The zero-order chi connectivity index (χ0) is 19.3. The Morgan fingerprint density at radius 3 is 2.77 bits per heavy atom. The molecular formula is C19H25N3O4. The van der Waals surface area contributed by atoms with Crippen LogP contribution in [0.4, 0.5) is 0 Å². The number of carbonyl (C=O) groups is 2. The molecule has 0 aliphatic carbocycles. The van der Waals surface area contributed by atoms with Crippen molar-refractivity contribution in [2.24, 2.45) is 5.92 Å². The van der Waals surface area contributed by atoms with Crippen LogP contribution < -0.4 is 5.56 Å². The molecule has 0 aromatic carbocycles. The van der Waals surface area contributed by atoms with E-state index < -0.39 is 5.56 Å². The number of hydrogen-bond donors (Lipinski definition) is 1. The number of rotatable bonds is 5. The predicted molar refractivity (Wildman–Crippen MR) is 95.5 cm³/mol. The normalized spacial score (nSPS) is 16.8. The van der Waals surface area contributed by atoms with Crippen molar-refractivity contribution in [2.75, 3.05) is 19.7 Å². The maximum atomic E-state index is 12.6. The highest BCUT2D eigenvalue weighted by Crippen LogP contribution is 2.20. The monoisotopic (exact) mass is 359 g/mol. The van der Waals surface area contributed by atoms with Crippen molar-refractivity contribution in [3.8, 4) is 6.07 Å². The minimum absolute atomic E-state index is 0.0255. The van der Waals surface area contributed by atoms with Gasteiger partial charge in [0.25, 0.3) is 5.56 Å². The van der Waals surface area contributed by atoms with E-state index in [2.05, 4.69) is 4.98 Å². The summed E-state index contributed by atoms with van der Waals surface area (Å²) < 4.78 is 5.07. The van der Waals surface area contributed by atoms with E-state index in [1.807, 2.05) is 6.07 Å². The smallest absolute Gasteiger partial charge is 0.310 e. The van der Waals surface area contributed by atoms with E-state index in [-0.39, 0.29) is 29.8 Å². The molecule has 1 aromatic heterocycles. The second-order valence-corrected chi connectivity index (χ2v) is 6.60. The van der Waals surface area contributed by atoms with Crippen molar-refractivity contribution in [3.63, 3.8) is 0 Å². The van der Waals surface area contributed by atoms with E-state index in [1.165, 1.54) is 0 Å². The van der Waals surface area contributed by atoms with Crippen LogP contribution in [0.15, 0.2) is 4.79 Å². The van der Waals surface area contributed by atoms with Gasteiger partial charge in [0.05, 0.1) is 12.5 Å². The predicted octanol–water partition coefficient (Wildman–Crippen LogP) is 1.60. The molecule has 1 N–H and O–H groups in total. The summed E-state index contributed by atoms with van der Waals surface area (Å²) in [6, 6.07) is 1.92. The van der Waals surface area contributed by atoms with Gasteiger partial charge >= 0.3 is 5.97 Å². The number of nitrogens with one attached hydrogen (secondary N) is 1. The fraction of sp³-hybridized carbons (Fsp3) is 0.579. The number of piperidine rings is 1. The largest absolute Gasteiger partial charge is 0.466 e. The molecule has 1 amide bonds. The SMILES string of the molecule is CCOC(=O)[C@H]1CCCN(C(=O)CCc2c(C)[nH]c(=O)c(C#N)c2C)C1. The highest BCUT2D eigenvalue weighted by atomic mass is 16.5. The van der Waals surface area contributed by atoms with Crippen molar-refractivity contribution in [1.82, 2.24) is 9.88 Å². The number of aromatic nitrogens is 1. The first-order chi connectivity index (χ1) is 12.4. The average Bonchev–Trinajstić information content (AvgIpc) is 2.61. The Kier molecular flexibility index (Phi) is 6.56. The van der Waals surface area contributed by atoms with Crippen LogP contribution in [-0.4, -0.2) is 41.5 Å². The summed E-state index contributed by atoms with van der Waals surface area (Å²) in [6.07, 6.45) is 2.24. The number of pyridine rings is 1. The van der Waals surface area contributed by atoms with Crippen LogP contribution in [-0.2, 0) is 20.7 Å². The summed E-state index contributed by atoms with van der Waals surface area (Å²) in [5.74, 6) is -0.520. The van der Waals surface area contributed by atoms with Gasteiger partial charge in [0.2, 0.25) is 5.91 Å². The van der Waals surface area contributed by atoms with E-state index in [9.17, 15) is 14.4 Å². The maximum Gasteiger partial charge on any atom is 0.310 e. The number of nitrogens with zero attached hydrogens (tertiary/aromatic N) is 2. The topological polar surface area (TPSA) is 103 Å². The summed E-state index contributed by atoms with van der Waals surface area (Å²) in [5.41, 5.74) is 1.84. The van der Waals surface area contributed by atoms with Crippen LogP contribution in [0.1, 0.15) is 48.6 Å². The van der Waals surface area contributed by atoms with E-state index >= 15 is 0 Å². The molecule has 26 heavy (non-hydrogen) atoms. The minimum Gasteiger partial charge on any atom is -0.466 e. The molecule has 0 saturated carbocycles. The van der Waals surface area contributed by atoms with Crippen LogP contribution in [0.25, 0.3) is 0 Å². The van der Waals surface area contributed by atoms with Crippen LogP contribution in [0.2, 0.25) is 0 Å². The molecule has 1 aromatic rings. The molecule has 0 bridgehead atoms. The van der Waals surface area contributed by atoms with Gasteiger partial charge < -0.3 is 14.6 Å². The second kappa shape index (κ2) is 8.65. The summed E-state index contributed by atoms with van der Waals surface area (Å²) in [4.78, 5) is 40.7. The third kappa shape index (κ3) is 4.31. The highest BCUT2D eigenvalue weighted by Gasteiger charge is 2.29. The lowest BCUT2D eigenvalue weighted by molar-refractivity contribution is -0.151. The summed E-state index contributed by atoms with van der Waals surface area (Å²) in [6.45, 7) is 6.65. The molecule has 1 atom stereocenters. The first-order valence-electron chi connectivity index (χ1n) is 8.95. The lowest BCUT2D eigenvalue weighted by Gasteiger charge is -2.31. The highest BCUT2D eigenvalue weighted by molar-refractivity contribution is 5.78. The molecule has 1 aliphatic heterocycles. The number of carbonyl (C=O) groups excluding carboxylic acids is 2. The molecule has 1 aliphatic rings. The lowest BCUT2D eigenvalue weighted by Crippen LogP contribution is -2.43. The molecule has 7 heteroatoms. The van der Waals surface area contributed by atoms with Gasteiger partial charge in [0, 0.05) is 25.2 Å². The molecule has 0 spiro atoms. The van der Waals surface area contributed by atoms with Crippen LogP contribution in [0.5, 0.6) is 0 Å². The number of H-pyrrole nitrogens is 1. The molecule has 2 rings (SSSR count). The molecule has 0 unspecified atom stereocenters. The Balaban J connectivity index is 2.04. The number of nitriles is 1. The quantitative estimate of drug-likeness (QED) is 0.804. The van der Waals surface area contributed by atoms with Crippen molar-refractivity contribution < 1.29 is 14.3 Å². The molecule has 1 saturated heterocycles. The average molecular weight is 359 g/mol. The van der Waals surface area contributed by atoms with Crippen molar-refractivity contribution in [1.29, 1.82) is 5.26 Å². The zero-order valence-corrected chi connectivity index (χ0v) is 15.6. The van der Waals surface area contributed by atoms with E-state index in [0.29, 0.717) is 37.4 Å². The van der Waals surface area contributed by atoms with Gasteiger partial charge in [-0.2, -0.15) is 5.26 Å². The van der Waals surface area contributed by atoms with E-state index in [0.717, 1.165) is 18.4 Å². The first-order valence-corrected chi connectivity index (χ1v) is 8.95. The van der Waals surface area contributed by atoms with Crippen molar-refractivity contribution >= 4 is 11.9 Å². The Morgan fingerprint density at radius 1 is 1.38 bits per heavy atom. The lowest BCUT2D eigenvalue weighted by atomic mass is 9.96. The Bertz CT molecular complexity index is 791. The van der Waals surface area contributed by atoms with Gasteiger partial charge in [-0.3, -0.25) is 14.4 Å². The fourth-order valence-corrected chi connectivity index (χ4v) is 3.47. The van der Waals surface area contributed by atoms with Gasteiger partial charge in [-0.05, 0) is 51.2 Å². The fourth-order valence-electron chi connectivity index (χ4n) is 3.47. The van der Waals surface area contributed by atoms with Crippen LogP contribution >= 0.6 is 0 Å². The third-order valence-corrected chi connectivity index (χ3v) is 4.90. The minimum atomic E-state index is -0.397. The van der Waals surface area contributed by atoms with E-state index in [4.69, 9.17) is 10.00 Å². The number of aromatic amines is 1. The standard InChI is InChI=1S/C19H25N3O4/c1-4-26-19(25)14-6-5-9-22(11-14)17(23)8-7-15-12(2)16(10-20)18(24)21-13(15)3/h14H,4-9,11H2,1-3H3,(H,21,24)/t14-/m0/s1. The molecule has 7 nitrogen and oxygen atoms in total. The number of esters is 1. The molecule has 1 fully saturated rings. The van der Waals surface area contributed by atoms with Gasteiger partial charge in [-0.1, -0.05) is 0 Å². The van der Waals surface area contributed by atoms with Crippen LogP contribution in [0.3, 0.4) is 0 Å². The second-order valence-electron chi connectivity index (χ2n) is 6.60. The van der Waals surface area contributed by atoms with Gasteiger partial charge in [-0.15, -0.1) is 0 Å². The van der Waals surface area contributed by atoms with Gasteiger partial charge in [-0.25, -0.2) is 0 Å². The van der Waals surface area contributed by atoms with Crippen molar-refractivity contribution in [2.45, 2.75) is 46.5 Å². The summed E-state index contributed by atoms with van der Waals surface area (Å²) in [5, 5.41) is 9.13. The molecular weight excluding hydrogens is 334 g/mol.